The molecule has 0 aliphatic carbocycles. The molecule has 1 radical (unpaired) electrons. The minimum absolute atomic E-state index is 0.00804. The number of fused-ring (bicyclic) bond motifs is 1. The Bertz CT molecular complexity index is 868. The van der Waals surface area contributed by atoms with Crippen molar-refractivity contribution in [1.82, 2.24) is 5.32 Å². The number of halogens is 3. The van der Waals surface area contributed by atoms with Gasteiger partial charge in [-0.2, -0.15) is 13.2 Å². The van der Waals surface area contributed by atoms with Crippen LogP contribution in [0.5, 0.6) is 0 Å². The first-order chi connectivity index (χ1) is 14.6. The zero-order valence-electron chi connectivity index (χ0n) is 18.3. The standard InChI is InChI=1S/C25H31BF3N2/c1-17(19(3)16-30-5)8-6-9-18(2)22-11-7-10-21-14-24(26-15-23(21)22)31-20(4)12-13-25(27,28)29/h7,10-11,16,24,31H,1-4,6,8-9,12-15H2,5H3. The molecule has 165 valence electrons. The van der Waals surface area contributed by atoms with Crippen LogP contribution >= 0.6 is 0 Å². The zero-order valence-corrected chi connectivity index (χ0v) is 18.3. The van der Waals surface area contributed by atoms with Gasteiger partial charge in [-0.15, -0.1) is 0 Å². The van der Waals surface area contributed by atoms with E-state index in [0.717, 1.165) is 48.7 Å². The molecule has 1 aromatic carbocycles. The number of rotatable bonds is 11. The summed E-state index contributed by atoms with van der Waals surface area (Å²) >= 11 is 0. The topological polar surface area (TPSA) is 24.4 Å². The number of alkyl halides is 3. The lowest BCUT2D eigenvalue weighted by molar-refractivity contribution is -0.134. The largest absolute Gasteiger partial charge is 0.394 e. The van der Waals surface area contributed by atoms with Gasteiger partial charge in [-0.25, -0.2) is 0 Å². The van der Waals surface area contributed by atoms with Gasteiger partial charge in [-0.3, -0.25) is 4.99 Å². The summed E-state index contributed by atoms with van der Waals surface area (Å²) in [4.78, 5) is 3.97. The third-order valence-electron chi connectivity index (χ3n) is 5.50. The Balaban J connectivity index is 1.92. The molecule has 0 amide bonds. The molecule has 1 N–H and O–H groups in total. The fourth-order valence-corrected chi connectivity index (χ4v) is 3.77. The van der Waals surface area contributed by atoms with E-state index in [1.807, 2.05) is 6.07 Å². The van der Waals surface area contributed by atoms with E-state index in [1.54, 1.807) is 13.3 Å². The average molecular weight is 427 g/mol. The molecule has 1 aromatic rings. The van der Waals surface area contributed by atoms with Crippen molar-refractivity contribution in [2.24, 2.45) is 4.99 Å². The molecule has 0 saturated carbocycles. The number of hydrogen-bond donors (Lipinski definition) is 1. The van der Waals surface area contributed by atoms with Crippen molar-refractivity contribution in [3.8, 4) is 0 Å². The minimum Gasteiger partial charge on any atom is -0.394 e. The third-order valence-corrected chi connectivity index (χ3v) is 5.50. The van der Waals surface area contributed by atoms with Crippen molar-refractivity contribution in [3.63, 3.8) is 0 Å². The summed E-state index contributed by atoms with van der Waals surface area (Å²) < 4.78 is 37.3. The van der Waals surface area contributed by atoms with Gasteiger partial charge in [-0.1, -0.05) is 50.8 Å². The second kappa shape index (κ2) is 11.2. The molecule has 0 bridgehead atoms. The van der Waals surface area contributed by atoms with Crippen LogP contribution in [0.15, 0.2) is 66.4 Å². The zero-order chi connectivity index (χ0) is 23.0. The first kappa shape index (κ1) is 24.8. The number of hydrogen-bond acceptors (Lipinski definition) is 2. The summed E-state index contributed by atoms with van der Waals surface area (Å²) in [6, 6.07) is 6.21. The monoisotopic (exact) mass is 427 g/mol. The highest BCUT2D eigenvalue weighted by molar-refractivity contribution is 6.38. The van der Waals surface area contributed by atoms with E-state index >= 15 is 0 Å². The summed E-state index contributed by atoms with van der Waals surface area (Å²) in [7, 11) is 3.84. The highest BCUT2D eigenvalue weighted by atomic mass is 19.4. The molecule has 0 fully saturated rings. The van der Waals surface area contributed by atoms with E-state index in [0.29, 0.717) is 5.70 Å². The van der Waals surface area contributed by atoms with Crippen LogP contribution in [0.25, 0.3) is 5.57 Å². The molecule has 2 rings (SSSR count). The van der Waals surface area contributed by atoms with E-state index in [1.165, 1.54) is 16.7 Å². The van der Waals surface area contributed by atoms with Gasteiger partial charge in [0.1, 0.15) is 7.28 Å². The Kier molecular flexibility index (Phi) is 8.96. The number of nitrogens with one attached hydrogen (secondary N) is 1. The summed E-state index contributed by atoms with van der Waals surface area (Å²) in [5, 5.41) is 3.15. The van der Waals surface area contributed by atoms with Gasteiger partial charge >= 0.3 is 6.18 Å². The van der Waals surface area contributed by atoms with Gasteiger partial charge in [0.2, 0.25) is 0 Å². The van der Waals surface area contributed by atoms with Crippen LogP contribution in [0.2, 0.25) is 0 Å². The maximum absolute atomic E-state index is 12.4. The summed E-state index contributed by atoms with van der Waals surface area (Å²) in [6.45, 7) is 16.1. The van der Waals surface area contributed by atoms with Crippen LogP contribution in [-0.4, -0.2) is 32.7 Å². The normalized spacial score (nSPS) is 15.8. The van der Waals surface area contributed by atoms with Crippen LogP contribution in [0, 0.1) is 0 Å². The van der Waals surface area contributed by atoms with Gasteiger partial charge in [-0.05, 0) is 71.5 Å². The lowest BCUT2D eigenvalue weighted by atomic mass is 9.57. The molecule has 2 nitrogen and oxygen atoms in total. The second-order valence-corrected chi connectivity index (χ2v) is 8.03. The van der Waals surface area contributed by atoms with Crippen molar-refractivity contribution in [3.05, 3.63) is 78.0 Å². The lowest BCUT2D eigenvalue weighted by Gasteiger charge is -2.28. The maximum Gasteiger partial charge on any atom is 0.389 e. The number of nitrogens with zero attached hydrogens (tertiary/aromatic N) is 1. The molecule has 1 aliphatic rings. The Morgan fingerprint density at radius 2 is 1.94 bits per heavy atom. The van der Waals surface area contributed by atoms with Crippen LogP contribution in [-0.2, 0) is 12.7 Å². The van der Waals surface area contributed by atoms with Gasteiger partial charge in [0.25, 0.3) is 0 Å². The molecule has 31 heavy (non-hydrogen) atoms. The highest BCUT2D eigenvalue weighted by Gasteiger charge is 2.28. The molecular weight excluding hydrogens is 396 g/mol. The predicted octanol–water partition coefficient (Wildman–Crippen LogP) is 6.22. The smallest absolute Gasteiger partial charge is 0.389 e. The fraction of sp³-hybridized carbons (Fsp3) is 0.400. The van der Waals surface area contributed by atoms with Crippen molar-refractivity contribution in [1.29, 1.82) is 0 Å². The highest BCUT2D eigenvalue weighted by Crippen LogP contribution is 2.30. The van der Waals surface area contributed by atoms with Crippen LogP contribution in [0.4, 0.5) is 13.2 Å². The molecule has 1 unspecified atom stereocenters. The Morgan fingerprint density at radius 1 is 1.19 bits per heavy atom. The number of allylic oxidation sites excluding steroid dienone is 4. The van der Waals surface area contributed by atoms with Crippen molar-refractivity contribution < 1.29 is 13.2 Å². The van der Waals surface area contributed by atoms with E-state index in [9.17, 15) is 13.2 Å². The Hall–Kier alpha value is -2.50. The van der Waals surface area contributed by atoms with E-state index in [-0.39, 0.29) is 12.4 Å². The molecule has 6 heteroatoms. The van der Waals surface area contributed by atoms with Gasteiger partial charge in [0, 0.05) is 25.4 Å². The molecule has 0 spiro atoms. The lowest BCUT2D eigenvalue weighted by Crippen LogP contribution is -2.40. The average Bonchev–Trinajstić information content (AvgIpc) is 2.71. The quantitative estimate of drug-likeness (QED) is 0.253. The van der Waals surface area contributed by atoms with Gasteiger partial charge in [0.05, 0.1) is 0 Å². The molecular formula is C25H31BF3N2. The van der Waals surface area contributed by atoms with E-state index < -0.39 is 12.6 Å². The van der Waals surface area contributed by atoms with Gasteiger partial charge in [0.15, 0.2) is 0 Å². The SMILES string of the molecule is C=C(CCC(F)(F)F)NC1[B]Cc2c(cccc2C(=C)CCCC(=C)C(=C)C=NC)C1. The predicted molar refractivity (Wildman–Crippen MR) is 127 cm³/mol. The van der Waals surface area contributed by atoms with Gasteiger partial charge < -0.3 is 5.32 Å². The Morgan fingerprint density at radius 3 is 2.61 bits per heavy atom. The fourth-order valence-electron chi connectivity index (χ4n) is 3.77. The van der Waals surface area contributed by atoms with Crippen molar-refractivity contribution >= 4 is 19.1 Å². The van der Waals surface area contributed by atoms with E-state index in [2.05, 4.69) is 56.0 Å². The van der Waals surface area contributed by atoms with E-state index in [4.69, 9.17) is 0 Å². The van der Waals surface area contributed by atoms with Crippen molar-refractivity contribution in [2.45, 2.75) is 57.0 Å². The first-order valence-electron chi connectivity index (χ1n) is 10.5. The summed E-state index contributed by atoms with van der Waals surface area (Å²) in [6.07, 6.45) is 0.745. The van der Waals surface area contributed by atoms with Crippen LogP contribution < -0.4 is 5.32 Å². The maximum atomic E-state index is 12.4. The minimum atomic E-state index is -4.16. The third kappa shape index (κ3) is 7.93. The summed E-state index contributed by atoms with van der Waals surface area (Å²) in [5.41, 5.74) is 7.00. The molecule has 0 saturated heterocycles. The molecule has 1 aliphatic heterocycles. The summed E-state index contributed by atoms with van der Waals surface area (Å²) in [5.74, 6) is -0.00804. The Labute approximate surface area is 185 Å². The number of benzene rings is 1. The second-order valence-electron chi connectivity index (χ2n) is 8.03. The molecule has 0 aromatic heterocycles. The van der Waals surface area contributed by atoms with Crippen LogP contribution in [0.1, 0.15) is 48.8 Å². The molecule has 1 atom stereocenters. The number of aliphatic imine (C=N–C) groups is 1. The molecule has 1 heterocycles. The first-order valence-corrected chi connectivity index (χ1v) is 10.5. The van der Waals surface area contributed by atoms with Crippen LogP contribution in [0.3, 0.4) is 0 Å². The van der Waals surface area contributed by atoms with Crippen molar-refractivity contribution in [2.75, 3.05) is 7.05 Å².